The smallest absolute Gasteiger partial charge is 0.123 e. The molecule has 21 heavy (non-hydrogen) atoms. The van der Waals surface area contributed by atoms with Crippen LogP contribution < -0.4 is 5.32 Å². The van der Waals surface area contributed by atoms with E-state index in [4.69, 9.17) is 9.72 Å². The van der Waals surface area contributed by atoms with Crippen LogP contribution in [0, 0.1) is 5.92 Å². The molecule has 1 aromatic carbocycles. The number of ether oxygens (including phenoxy) is 1. The van der Waals surface area contributed by atoms with Gasteiger partial charge in [0.2, 0.25) is 0 Å². The van der Waals surface area contributed by atoms with Gasteiger partial charge in [-0.25, -0.2) is 4.98 Å². The van der Waals surface area contributed by atoms with Crippen LogP contribution in [0.15, 0.2) is 30.3 Å². The number of nitrogens with one attached hydrogen (secondary N) is 1. The Morgan fingerprint density at radius 2 is 2.10 bits per heavy atom. The Balaban J connectivity index is 1.95. The zero-order valence-corrected chi connectivity index (χ0v) is 13.5. The fourth-order valence-corrected chi connectivity index (χ4v) is 3.82. The first-order chi connectivity index (χ1) is 10.3. The van der Waals surface area contributed by atoms with Gasteiger partial charge in [0, 0.05) is 23.6 Å². The van der Waals surface area contributed by atoms with Gasteiger partial charge in [-0.1, -0.05) is 30.3 Å². The van der Waals surface area contributed by atoms with E-state index in [1.54, 1.807) is 11.3 Å². The van der Waals surface area contributed by atoms with E-state index in [-0.39, 0.29) is 6.10 Å². The molecule has 0 amide bonds. The van der Waals surface area contributed by atoms with Crippen molar-refractivity contribution in [3.05, 3.63) is 40.2 Å². The van der Waals surface area contributed by atoms with Crippen molar-refractivity contribution in [1.29, 1.82) is 0 Å². The van der Waals surface area contributed by atoms with Crippen LogP contribution in [0.3, 0.4) is 0 Å². The Kier molecular flexibility index (Phi) is 4.68. The molecule has 4 heteroatoms. The summed E-state index contributed by atoms with van der Waals surface area (Å²) in [4.78, 5) is 6.23. The fourth-order valence-electron chi connectivity index (χ4n) is 2.58. The van der Waals surface area contributed by atoms with Gasteiger partial charge < -0.3 is 10.1 Å². The minimum absolute atomic E-state index is 0.188. The van der Waals surface area contributed by atoms with E-state index in [0.717, 1.165) is 23.9 Å². The van der Waals surface area contributed by atoms with Crippen LogP contribution >= 0.6 is 11.3 Å². The number of benzene rings is 1. The molecule has 1 unspecified atom stereocenters. The lowest BCUT2D eigenvalue weighted by Gasteiger charge is -2.12. The molecule has 1 atom stereocenters. The van der Waals surface area contributed by atoms with Crippen molar-refractivity contribution in [2.75, 3.05) is 13.7 Å². The van der Waals surface area contributed by atoms with E-state index in [2.05, 4.69) is 36.5 Å². The van der Waals surface area contributed by atoms with Crippen LogP contribution in [-0.2, 0) is 11.3 Å². The van der Waals surface area contributed by atoms with E-state index in [1.807, 2.05) is 13.1 Å². The molecule has 0 aliphatic heterocycles. The molecule has 3 nitrogen and oxygen atoms in total. The minimum atomic E-state index is 0.188. The minimum Gasteiger partial charge on any atom is -0.371 e. The van der Waals surface area contributed by atoms with Crippen molar-refractivity contribution in [3.63, 3.8) is 0 Å². The molecule has 112 valence electrons. The maximum Gasteiger partial charge on any atom is 0.123 e. The van der Waals surface area contributed by atoms with Gasteiger partial charge >= 0.3 is 0 Å². The molecule has 3 rings (SSSR count). The fraction of sp³-hybridized carbons (Fsp3) is 0.471. The highest BCUT2D eigenvalue weighted by Crippen LogP contribution is 2.45. The normalized spacial score (nSPS) is 16.1. The van der Waals surface area contributed by atoms with Crippen molar-refractivity contribution >= 4 is 11.3 Å². The molecule has 1 heterocycles. The quantitative estimate of drug-likeness (QED) is 0.839. The summed E-state index contributed by atoms with van der Waals surface area (Å²) in [7, 11) is 1.98. The molecule has 1 aromatic heterocycles. The van der Waals surface area contributed by atoms with E-state index in [9.17, 15) is 0 Å². The van der Waals surface area contributed by atoms with Crippen LogP contribution in [0.2, 0.25) is 0 Å². The molecular formula is C17H22N2OS. The van der Waals surface area contributed by atoms with Crippen LogP contribution in [-0.4, -0.2) is 18.6 Å². The van der Waals surface area contributed by atoms with Crippen LogP contribution in [0.4, 0.5) is 0 Å². The van der Waals surface area contributed by atoms with Gasteiger partial charge in [0.05, 0.1) is 5.69 Å². The SMILES string of the molecule is CCOC(c1nc(-c2ccccc2)c(CNC)s1)C1CC1. The molecule has 1 aliphatic rings. The highest BCUT2D eigenvalue weighted by Gasteiger charge is 2.35. The van der Waals surface area contributed by atoms with Crippen molar-refractivity contribution < 1.29 is 4.74 Å². The van der Waals surface area contributed by atoms with Gasteiger partial charge in [0.15, 0.2) is 0 Å². The predicted molar refractivity (Wildman–Crippen MR) is 87.4 cm³/mol. The summed E-state index contributed by atoms with van der Waals surface area (Å²) in [6.07, 6.45) is 2.73. The van der Waals surface area contributed by atoms with Gasteiger partial charge in [0.25, 0.3) is 0 Å². The lowest BCUT2D eigenvalue weighted by molar-refractivity contribution is 0.0462. The van der Waals surface area contributed by atoms with E-state index < -0.39 is 0 Å². The Morgan fingerprint density at radius 1 is 1.33 bits per heavy atom. The molecule has 0 bridgehead atoms. The topological polar surface area (TPSA) is 34.1 Å². The Hall–Kier alpha value is -1.23. The standard InChI is InChI=1S/C17H22N2OS/c1-3-20-16(13-9-10-13)17-19-15(14(21-17)11-18-2)12-7-5-4-6-8-12/h4-8,13,16,18H,3,9-11H2,1-2H3. The summed E-state index contributed by atoms with van der Waals surface area (Å²) in [5.41, 5.74) is 2.30. The van der Waals surface area contributed by atoms with Gasteiger partial charge in [-0.05, 0) is 32.7 Å². The molecule has 0 spiro atoms. The van der Waals surface area contributed by atoms with Crippen molar-refractivity contribution in [3.8, 4) is 11.3 Å². The van der Waals surface area contributed by atoms with E-state index >= 15 is 0 Å². The molecular weight excluding hydrogens is 280 g/mol. The predicted octanol–water partition coefficient (Wildman–Crippen LogP) is 4.02. The number of hydrogen-bond donors (Lipinski definition) is 1. The average Bonchev–Trinajstić information content (AvgIpc) is 3.27. The van der Waals surface area contributed by atoms with Crippen molar-refractivity contribution in [2.45, 2.75) is 32.4 Å². The van der Waals surface area contributed by atoms with Crippen molar-refractivity contribution in [2.24, 2.45) is 5.92 Å². The third-order valence-corrected chi connectivity index (χ3v) is 4.86. The number of nitrogens with zero attached hydrogens (tertiary/aromatic N) is 1. The first-order valence-electron chi connectivity index (χ1n) is 7.64. The molecule has 1 fully saturated rings. The molecule has 2 aromatic rings. The van der Waals surface area contributed by atoms with E-state index in [1.165, 1.54) is 23.3 Å². The third-order valence-electron chi connectivity index (χ3n) is 3.74. The summed E-state index contributed by atoms with van der Waals surface area (Å²) in [6.45, 7) is 3.67. The first-order valence-corrected chi connectivity index (χ1v) is 8.46. The highest BCUT2D eigenvalue weighted by molar-refractivity contribution is 7.12. The zero-order chi connectivity index (χ0) is 14.7. The summed E-state index contributed by atoms with van der Waals surface area (Å²) in [6, 6.07) is 10.4. The summed E-state index contributed by atoms with van der Waals surface area (Å²) < 4.78 is 5.96. The van der Waals surface area contributed by atoms with Crippen molar-refractivity contribution in [1.82, 2.24) is 10.3 Å². The second-order valence-electron chi connectivity index (χ2n) is 5.43. The Bertz CT molecular complexity index is 578. The number of rotatable bonds is 7. The number of hydrogen-bond acceptors (Lipinski definition) is 4. The van der Waals surface area contributed by atoms with Gasteiger partial charge in [-0.2, -0.15) is 0 Å². The molecule has 1 saturated carbocycles. The largest absolute Gasteiger partial charge is 0.371 e. The molecule has 0 saturated heterocycles. The highest BCUT2D eigenvalue weighted by atomic mass is 32.1. The molecule has 1 N–H and O–H groups in total. The lowest BCUT2D eigenvalue weighted by Crippen LogP contribution is -2.06. The van der Waals surface area contributed by atoms with Gasteiger partial charge in [-0.15, -0.1) is 11.3 Å². The average molecular weight is 302 g/mol. The second-order valence-corrected chi connectivity index (χ2v) is 6.55. The van der Waals surface area contributed by atoms with Crippen LogP contribution in [0.25, 0.3) is 11.3 Å². The van der Waals surface area contributed by atoms with Gasteiger partial charge in [0.1, 0.15) is 11.1 Å². The monoisotopic (exact) mass is 302 g/mol. The summed E-state index contributed by atoms with van der Waals surface area (Å²) in [5, 5.41) is 4.39. The number of thiazole rings is 1. The molecule has 0 radical (unpaired) electrons. The summed E-state index contributed by atoms with van der Waals surface area (Å²) in [5.74, 6) is 0.669. The Morgan fingerprint density at radius 3 is 2.71 bits per heavy atom. The lowest BCUT2D eigenvalue weighted by atomic mass is 10.1. The second kappa shape index (κ2) is 6.69. The maximum atomic E-state index is 5.96. The van der Waals surface area contributed by atoms with Gasteiger partial charge in [-0.3, -0.25) is 0 Å². The van der Waals surface area contributed by atoms with Crippen LogP contribution in [0.1, 0.15) is 35.8 Å². The zero-order valence-electron chi connectivity index (χ0n) is 12.6. The Labute approximate surface area is 130 Å². The maximum absolute atomic E-state index is 5.96. The third kappa shape index (κ3) is 3.34. The molecule has 1 aliphatic carbocycles. The van der Waals surface area contributed by atoms with E-state index in [0.29, 0.717) is 5.92 Å². The number of aromatic nitrogens is 1. The first kappa shape index (κ1) is 14.7. The van der Waals surface area contributed by atoms with Crippen LogP contribution in [0.5, 0.6) is 0 Å². The summed E-state index contributed by atoms with van der Waals surface area (Å²) >= 11 is 1.80.